The van der Waals surface area contributed by atoms with Gasteiger partial charge in [0.15, 0.2) is 5.65 Å². The molecular weight excluding hydrogens is 254 g/mol. The van der Waals surface area contributed by atoms with E-state index in [0.717, 1.165) is 41.1 Å². The van der Waals surface area contributed by atoms with Crippen molar-refractivity contribution in [3.05, 3.63) is 35.8 Å². The van der Waals surface area contributed by atoms with Crippen LogP contribution in [0.2, 0.25) is 0 Å². The molecule has 0 bridgehead atoms. The van der Waals surface area contributed by atoms with E-state index >= 15 is 0 Å². The smallest absolute Gasteiger partial charge is 0.226 e. The summed E-state index contributed by atoms with van der Waals surface area (Å²) in [6.07, 6.45) is 4.48. The lowest BCUT2D eigenvalue weighted by atomic mass is 10.2. The summed E-state index contributed by atoms with van der Waals surface area (Å²) in [5.74, 6) is 1.43. The number of aromatic amines is 1. The van der Waals surface area contributed by atoms with E-state index in [2.05, 4.69) is 35.8 Å². The summed E-state index contributed by atoms with van der Waals surface area (Å²) < 4.78 is 0. The van der Waals surface area contributed by atoms with Gasteiger partial charge in [-0.15, -0.1) is 0 Å². The van der Waals surface area contributed by atoms with Crippen LogP contribution in [0.15, 0.2) is 24.5 Å². The Morgan fingerprint density at radius 1 is 1.30 bits per heavy atom. The third-order valence-corrected chi connectivity index (χ3v) is 3.32. The maximum atomic E-state index is 4.51. The number of nitrogens with one attached hydrogen (secondary N) is 3. The van der Waals surface area contributed by atoms with Gasteiger partial charge in [-0.25, -0.2) is 0 Å². The number of rotatable bonds is 3. The lowest BCUT2D eigenvalue weighted by molar-refractivity contribution is 0.923. The van der Waals surface area contributed by atoms with Gasteiger partial charge in [-0.1, -0.05) is 6.07 Å². The highest BCUT2D eigenvalue weighted by atomic mass is 15.2. The van der Waals surface area contributed by atoms with Gasteiger partial charge >= 0.3 is 0 Å². The quantitative estimate of drug-likeness (QED) is 0.663. The molecule has 1 aliphatic heterocycles. The number of pyridine rings is 1. The summed E-state index contributed by atoms with van der Waals surface area (Å²) in [5, 5.41) is 14.7. The highest BCUT2D eigenvalue weighted by molar-refractivity contribution is 5.91. The van der Waals surface area contributed by atoms with Gasteiger partial charge in [-0.2, -0.15) is 15.1 Å². The van der Waals surface area contributed by atoms with E-state index in [4.69, 9.17) is 0 Å². The summed E-state index contributed by atoms with van der Waals surface area (Å²) in [6.45, 7) is 1.49. The first-order chi connectivity index (χ1) is 9.90. The Kier molecular flexibility index (Phi) is 2.48. The average Bonchev–Trinajstić information content (AvgIpc) is 2.91. The van der Waals surface area contributed by atoms with Gasteiger partial charge in [0.05, 0.1) is 11.1 Å². The van der Waals surface area contributed by atoms with Crippen LogP contribution in [0, 0.1) is 0 Å². The zero-order valence-corrected chi connectivity index (χ0v) is 10.7. The van der Waals surface area contributed by atoms with Crippen molar-refractivity contribution >= 4 is 22.8 Å². The molecule has 0 aliphatic carbocycles. The maximum absolute atomic E-state index is 4.51. The third-order valence-electron chi connectivity index (χ3n) is 3.32. The van der Waals surface area contributed by atoms with Crippen molar-refractivity contribution < 1.29 is 0 Å². The zero-order valence-electron chi connectivity index (χ0n) is 10.7. The number of aromatic nitrogens is 5. The molecule has 0 spiro atoms. The number of nitrogens with zero attached hydrogens (tertiary/aromatic N) is 4. The second-order valence-corrected chi connectivity index (χ2v) is 4.68. The Balaban J connectivity index is 1.64. The van der Waals surface area contributed by atoms with E-state index in [1.165, 1.54) is 0 Å². The van der Waals surface area contributed by atoms with E-state index in [0.29, 0.717) is 12.5 Å². The van der Waals surface area contributed by atoms with Crippen LogP contribution in [0.1, 0.15) is 11.3 Å². The van der Waals surface area contributed by atoms with Crippen molar-refractivity contribution in [3.63, 3.8) is 0 Å². The van der Waals surface area contributed by atoms with Crippen molar-refractivity contribution in [3.8, 4) is 0 Å². The summed E-state index contributed by atoms with van der Waals surface area (Å²) in [5.41, 5.74) is 2.89. The van der Waals surface area contributed by atoms with Gasteiger partial charge in [0.2, 0.25) is 5.95 Å². The Morgan fingerprint density at radius 3 is 3.20 bits per heavy atom. The van der Waals surface area contributed by atoms with Crippen molar-refractivity contribution in [2.75, 3.05) is 17.2 Å². The number of anilines is 2. The zero-order chi connectivity index (χ0) is 13.4. The van der Waals surface area contributed by atoms with Crippen LogP contribution in [-0.2, 0) is 13.0 Å². The van der Waals surface area contributed by atoms with Crippen LogP contribution >= 0.6 is 0 Å². The Bertz CT molecular complexity index is 750. The minimum absolute atomic E-state index is 0.584. The molecule has 3 aromatic rings. The Morgan fingerprint density at radius 2 is 2.30 bits per heavy atom. The molecule has 7 nitrogen and oxygen atoms in total. The lowest BCUT2D eigenvalue weighted by Crippen LogP contribution is -2.14. The summed E-state index contributed by atoms with van der Waals surface area (Å²) in [4.78, 5) is 13.0. The lowest BCUT2D eigenvalue weighted by Gasteiger charge is -2.13. The normalized spacial score (nSPS) is 13.2. The fourth-order valence-electron chi connectivity index (χ4n) is 2.36. The van der Waals surface area contributed by atoms with Crippen molar-refractivity contribution in [1.82, 2.24) is 25.1 Å². The molecule has 100 valence electrons. The standard InChI is InChI=1S/C13H13N7/c1-2-8(6-14-4-1)7-16-13-17-11-10-9(3-5-15-11)19-20-12(10)18-13/h1-2,4,6H,3,5,7H2,(H3,15,16,17,18,19,20). The topological polar surface area (TPSA) is 91.4 Å². The SMILES string of the molecule is c1cncc(CNc2nc3c4c(n[nH]c4n2)CCN3)c1. The molecule has 0 amide bonds. The van der Waals surface area contributed by atoms with E-state index in [-0.39, 0.29) is 0 Å². The summed E-state index contributed by atoms with van der Waals surface area (Å²) >= 11 is 0. The maximum Gasteiger partial charge on any atom is 0.226 e. The first-order valence-electron chi connectivity index (χ1n) is 6.52. The van der Waals surface area contributed by atoms with E-state index < -0.39 is 0 Å². The molecule has 4 heterocycles. The Labute approximate surface area is 114 Å². The Hall–Kier alpha value is -2.70. The van der Waals surface area contributed by atoms with Crippen molar-refractivity contribution in [2.45, 2.75) is 13.0 Å². The average molecular weight is 267 g/mol. The van der Waals surface area contributed by atoms with Crippen LogP contribution in [0.25, 0.3) is 11.0 Å². The molecule has 0 saturated heterocycles. The second-order valence-electron chi connectivity index (χ2n) is 4.68. The van der Waals surface area contributed by atoms with Crippen LogP contribution in [0.3, 0.4) is 0 Å². The molecule has 0 radical (unpaired) electrons. The van der Waals surface area contributed by atoms with Crippen LogP contribution in [0.5, 0.6) is 0 Å². The molecular formula is C13H13N7. The van der Waals surface area contributed by atoms with Crippen LogP contribution in [0.4, 0.5) is 11.8 Å². The van der Waals surface area contributed by atoms with Gasteiger partial charge < -0.3 is 10.6 Å². The molecule has 3 aromatic heterocycles. The van der Waals surface area contributed by atoms with Crippen LogP contribution in [-0.4, -0.2) is 31.7 Å². The third kappa shape index (κ3) is 1.83. The molecule has 0 fully saturated rings. The van der Waals surface area contributed by atoms with Gasteiger partial charge in [0.1, 0.15) is 5.82 Å². The molecule has 7 heteroatoms. The van der Waals surface area contributed by atoms with E-state index in [1.807, 2.05) is 18.3 Å². The minimum Gasteiger partial charge on any atom is -0.369 e. The largest absolute Gasteiger partial charge is 0.369 e. The highest BCUT2D eigenvalue weighted by Crippen LogP contribution is 2.27. The van der Waals surface area contributed by atoms with Crippen LogP contribution < -0.4 is 10.6 Å². The highest BCUT2D eigenvalue weighted by Gasteiger charge is 2.18. The molecule has 20 heavy (non-hydrogen) atoms. The van der Waals surface area contributed by atoms with Gasteiger partial charge in [-0.3, -0.25) is 10.1 Å². The monoisotopic (exact) mass is 267 g/mol. The molecule has 4 rings (SSSR count). The van der Waals surface area contributed by atoms with Crippen molar-refractivity contribution in [1.29, 1.82) is 0 Å². The number of hydrogen-bond acceptors (Lipinski definition) is 6. The second kappa shape index (κ2) is 4.44. The number of hydrogen-bond donors (Lipinski definition) is 3. The summed E-state index contributed by atoms with van der Waals surface area (Å²) in [6, 6.07) is 3.92. The van der Waals surface area contributed by atoms with Gasteiger partial charge in [0.25, 0.3) is 0 Å². The fourth-order valence-corrected chi connectivity index (χ4v) is 2.36. The predicted molar refractivity (Wildman–Crippen MR) is 75.4 cm³/mol. The molecule has 3 N–H and O–H groups in total. The molecule has 0 atom stereocenters. The van der Waals surface area contributed by atoms with Crippen molar-refractivity contribution in [2.24, 2.45) is 0 Å². The molecule has 0 unspecified atom stereocenters. The van der Waals surface area contributed by atoms with E-state index in [9.17, 15) is 0 Å². The van der Waals surface area contributed by atoms with Gasteiger partial charge in [-0.05, 0) is 11.6 Å². The minimum atomic E-state index is 0.584. The first kappa shape index (κ1) is 11.2. The number of H-pyrrole nitrogens is 1. The first-order valence-corrected chi connectivity index (χ1v) is 6.52. The predicted octanol–water partition coefficient (Wildman–Crippen LogP) is 1.33. The molecule has 1 aliphatic rings. The fraction of sp³-hybridized carbons (Fsp3) is 0.231. The van der Waals surface area contributed by atoms with Gasteiger partial charge in [0, 0.05) is 31.9 Å². The summed E-state index contributed by atoms with van der Waals surface area (Å²) in [7, 11) is 0. The molecule has 0 saturated carbocycles. The van der Waals surface area contributed by atoms with E-state index in [1.54, 1.807) is 6.20 Å². The molecule has 0 aromatic carbocycles.